The Morgan fingerprint density at radius 2 is 1.48 bits per heavy atom. The number of benzene rings is 3. The maximum atomic E-state index is 14.3. The van der Waals surface area contributed by atoms with Crippen LogP contribution in [0, 0.1) is 17.8 Å². The van der Waals surface area contributed by atoms with Crippen molar-refractivity contribution in [3.05, 3.63) is 89.0 Å². The first-order valence-corrected chi connectivity index (χ1v) is 16.5. The summed E-state index contributed by atoms with van der Waals surface area (Å²) in [6.45, 7) is 0. The number of halogens is 3. The minimum absolute atomic E-state index is 0.0983. The molecule has 10 nitrogen and oxygen atoms in total. The fourth-order valence-electron chi connectivity index (χ4n) is 7.70. The molecule has 3 fully saturated rings. The van der Waals surface area contributed by atoms with E-state index in [0.29, 0.717) is 28.2 Å². The van der Waals surface area contributed by atoms with Crippen LogP contribution in [0.5, 0.6) is 5.75 Å². The summed E-state index contributed by atoms with van der Waals surface area (Å²) in [6, 6.07) is 18.5. The van der Waals surface area contributed by atoms with Gasteiger partial charge in [0.2, 0.25) is 11.8 Å². The Labute approximate surface area is 291 Å². The maximum Gasteiger partial charge on any atom is 0.253 e. The number of hydrogen-bond donors (Lipinski definition) is 1. The molecular weight excluding hydrogens is 677 g/mol. The number of rotatable bonds is 5. The third-order valence-corrected chi connectivity index (χ3v) is 11.8. The lowest BCUT2D eigenvalue weighted by molar-refractivity contribution is -0.138. The molecule has 1 saturated carbocycles. The van der Waals surface area contributed by atoms with Crippen LogP contribution < -0.4 is 9.80 Å². The van der Waals surface area contributed by atoms with Crippen molar-refractivity contribution in [2.75, 3.05) is 30.9 Å². The van der Waals surface area contributed by atoms with E-state index in [0.717, 1.165) is 10.6 Å². The number of anilines is 2. The van der Waals surface area contributed by atoms with Gasteiger partial charge in [-0.1, -0.05) is 29.3 Å². The first kappa shape index (κ1) is 32.3. The Kier molecular flexibility index (Phi) is 7.69. The Morgan fingerprint density at radius 3 is 2.08 bits per heavy atom. The van der Waals surface area contributed by atoms with Gasteiger partial charge in [0, 0.05) is 37.8 Å². The number of imide groups is 2. The van der Waals surface area contributed by atoms with Gasteiger partial charge in [-0.05, 0) is 85.0 Å². The first-order chi connectivity index (χ1) is 22.8. The van der Waals surface area contributed by atoms with Crippen LogP contribution in [-0.2, 0) is 19.2 Å². The standard InChI is InChI=1S/C35H30Cl3N5O5/c1-41(2)20-8-4-18(5-9-20)39-40-19-6-10-21(11-7-19)43-30(45)25-15-14-23-26(28(25)31(43)46)17-34(37)32(47)42(3)33(48)35(34,38)29(23)24-13-12-22(44)16-27(24)36/h4-14,16,25-26,28-29,44H,15,17H2,1-3H3/t25-,26+,28-,29+,34+,35-/m0/s1. The maximum absolute atomic E-state index is 14.3. The number of nitrogens with zero attached hydrogens (tertiary/aromatic N) is 5. The molecule has 7 rings (SSSR count). The number of likely N-dealkylation sites (tertiary alicyclic amines) is 1. The van der Waals surface area contributed by atoms with E-state index in [1.54, 1.807) is 30.3 Å². The molecule has 2 saturated heterocycles. The van der Waals surface area contributed by atoms with E-state index in [-0.39, 0.29) is 29.5 Å². The van der Waals surface area contributed by atoms with Crippen molar-refractivity contribution in [2.24, 2.45) is 28.0 Å². The molecule has 4 aliphatic rings. The SMILES string of the molecule is CN1C(=O)[C@]2(Cl)C[C@@H]3C(=CC[C@@H]4C(=O)N(c5ccc(N=Nc6ccc(N(C)C)cc6)cc5)C(=O)[C@@H]43)[C@H](c3ccc(O)cc3Cl)[C@]2(Cl)C1=O. The average molecular weight is 707 g/mol. The molecule has 3 aromatic carbocycles. The van der Waals surface area contributed by atoms with Gasteiger partial charge in [0.15, 0.2) is 9.75 Å². The minimum atomic E-state index is -1.96. The van der Waals surface area contributed by atoms with Crippen LogP contribution >= 0.6 is 34.8 Å². The lowest BCUT2D eigenvalue weighted by atomic mass is 9.56. The van der Waals surface area contributed by atoms with Gasteiger partial charge in [-0.3, -0.25) is 29.0 Å². The Balaban J connectivity index is 1.22. The number of phenols is 1. The fourth-order valence-corrected chi connectivity index (χ4v) is 8.99. The number of carbonyl (C=O) groups excluding carboxylic acids is 4. The smallest absolute Gasteiger partial charge is 0.253 e. The second kappa shape index (κ2) is 11.4. The van der Waals surface area contributed by atoms with Crippen molar-refractivity contribution >= 4 is 81.2 Å². The van der Waals surface area contributed by atoms with Crippen molar-refractivity contribution in [2.45, 2.75) is 28.5 Å². The summed E-state index contributed by atoms with van der Waals surface area (Å²) >= 11 is 21.0. The zero-order valence-electron chi connectivity index (χ0n) is 26.1. The number of hydrogen-bond acceptors (Lipinski definition) is 8. The van der Waals surface area contributed by atoms with Gasteiger partial charge >= 0.3 is 0 Å². The molecule has 0 aromatic heterocycles. The lowest BCUT2D eigenvalue weighted by Crippen LogP contribution is -2.60. The van der Waals surface area contributed by atoms with Gasteiger partial charge in [0.25, 0.3) is 11.8 Å². The number of carbonyl (C=O) groups is 4. The number of aromatic hydroxyl groups is 1. The number of allylic oxidation sites excluding steroid dienone is 2. The summed E-state index contributed by atoms with van der Waals surface area (Å²) in [6.07, 6.45) is 1.91. The van der Waals surface area contributed by atoms with E-state index in [2.05, 4.69) is 10.2 Å². The number of phenolic OH excluding ortho intramolecular Hbond substituents is 1. The zero-order chi connectivity index (χ0) is 34.3. The normalized spacial score (nSPS) is 29.7. The highest BCUT2D eigenvalue weighted by atomic mass is 35.5. The minimum Gasteiger partial charge on any atom is -0.508 e. The second-order valence-electron chi connectivity index (χ2n) is 12.8. The molecule has 1 N–H and O–H groups in total. The van der Waals surface area contributed by atoms with Crippen molar-refractivity contribution in [3.63, 3.8) is 0 Å². The zero-order valence-corrected chi connectivity index (χ0v) is 28.4. The van der Waals surface area contributed by atoms with E-state index in [4.69, 9.17) is 34.8 Å². The van der Waals surface area contributed by atoms with Gasteiger partial charge in [-0.2, -0.15) is 10.2 Å². The summed E-state index contributed by atoms with van der Waals surface area (Å²) in [7, 11) is 5.23. The average Bonchev–Trinajstić information content (AvgIpc) is 3.39. The van der Waals surface area contributed by atoms with Gasteiger partial charge in [-0.15, -0.1) is 23.2 Å². The quantitative estimate of drug-likeness (QED) is 0.136. The molecule has 0 bridgehead atoms. The van der Waals surface area contributed by atoms with E-state index < -0.39 is 51.1 Å². The molecule has 0 radical (unpaired) electrons. The van der Waals surface area contributed by atoms with Gasteiger partial charge in [0.1, 0.15) is 5.75 Å². The molecule has 3 aromatic rings. The molecule has 0 spiro atoms. The number of azo groups is 1. The van der Waals surface area contributed by atoms with Crippen LogP contribution in [0.2, 0.25) is 5.02 Å². The molecule has 2 heterocycles. The summed E-state index contributed by atoms with van der Waals surface area (Å²) in [4.78, 5) is 55.7. The fraction of sp³-hybridized carbons (Fsp3) is 0.314. The number of alkyl halides is 2. The van der Waals surface area contributed by atoms with Crippen LogP contribution in [0.15, 0.2) is 88.6 Å². The Morgan fingerprint density at radius 1 is 0.854 bits per heavy atom. The molecule has 13 heteroatoms. The largest absolute Gasteiger partial charge is 0.508 e. The van der Waals surface area contributed by atoms with Crippen molar-refractivity contribution in [1.82, 2.24) is 4.90 Å². The van der Waals surface area contributed by atoms with E-state index in [1.807, 2.05) is 49.3 Å². The third kappa shape index (κ3) is 4.60. The summed E-state index contributed by atoms with van der Waals surface area (Å²) < 4.78 is 0. The van der Waals surface area contributed by atoms with Crippen LogP contribution in [0.4, 0.5) is 22.7 Å². The monoisotopic (exact) mass is 705 g/mol. The predicted molar refractivity (Wildman–Crippen MR) is 182 cm³/mol. The van der Waals surface area contributed by atoms with E-state index in [9.17, 15) is 24.3 Å². The highest BCUT2D eigenvalue weighted by Crippen LogP contribution is 2.66. The van der Waals surface area contributed by atoms with Crippen LogP contribution in [0.1, 0.15) is 24.3 Å². The van der Waals surface area contributed by atoms with Crippen LogP contribution in [0.3, 0.4) is 0 Å². The topological polar surface area (TPSA) is 123 Å². The molecule has 2 aliphatic heterocycles. The summed E-state index contributed by atoms with van der Waals surface area (Å²) in [5, 5.41) is 18.8. The molecule has 246 valence electrons. The lowest BCUT2D eigenvalue weighted by Gasteiger charge is -2.51. The van der Waals surface area contributed by atoms with Crippen LogP contribution in [0.25, 0.3) is 0 Å². The predicted octanol–water partition coefficient (Wildman–Crippen LogP) is 6.72. The van der Waals surface area contributed by atoms with Gasteiger partial charge < -0.3 is 10.0 Å². The number of amides is 4. The molecule has 0 unspecified atom stereocenters. The molecule has 6 atom stereocenters. The van der Waals surface area contributed by atoms with Gasteiger partial charge in [0.05, 0.1) is 28.9 Å². The molecule has 48 heavy (non-hydrogen) atoms. The molecular formula is C35H30Cl3N5O5. The first-order valence-electron chi connectivity index (χ1n) is 15.3. The molecule has 2 aliphatic carbocycles. The molecule has 4 amide bonds. The van der Waals surface area contributed by atoms with Crippen molar-refractivity contribution < 1.29 is 24.3 Å². The summed E-state index contributed by atoms with van der Waals surface area (Å²) in [5.41, 5.74) is 3.62. The Bertz CT molecular complexity index is 1950. The van der Waals surface area contributed by atoms with Crippen molar-refractivity contribution in [1.29, 1.82) is 0 Å². The van der Waals surface area contributed by atoms with Gasteiger partial charge in [-0.25, -0.2) is 0 Å². The second-order valence-corrected chi connectivity index (χ2v) is 14.5. The van der Waals surface area contributed by atoms with Crippen LogP contribution in [-0.4, -0.2) is 64.5 Å². The summed E-state index contributed by atoms with van der Waals surface area (Å²) in [5.74, 6) is -5.53. The van der Waals surface area contributed by atoms with E-state index in [1.165, 1.54) is 24.1 Å². The number of fused-ring (bicyclic) bond motifs is 4. The highest BCUT2D eigenvalue weighted by molar-refractivity contribution is 6.54. The Hall–Kier alpha value is -4.25. The third-order valence-electron chi connectivity index (χ3n) is 10.1. The van der Waals surface area contributed by atoms with Crippen molar-refractivity contribution in [3.8, 4) is 5.75 Å². The highest BCUT2D eigenvalue weighted by Gasteiger charge is 2.76. The van der Waals surface area contributed by atoms with E-state index >= 15 is 0 Å².